The standard InChI is InChI=1S/C20H17ClF3NO9/c21-9-5-8-10(25-18(31)34-19(8,20(22,23)24)4-3-7-1-2-7)6-11(9)32-17-14(28)12(26)13(27)15(33-17)16(29)30/h5-7,12-15,17,26-28H,1-2H2,(H,25,31)(H,29,30)/t12?,13?,14?,15?,17?,19-/m0/s1. The highest BCUT2D eigenvalue weighted by molar-refractivity contribution is 6.32. The molecule has 6 atom stereocenters. The molecule has 2 aliphatic heterocycles. The lowest BCUT2D eigenvalue weighted by molar-refractivity contribution is -0.271. The van der Waals surface area contributed by atoms with Gasteiger partial charge in [0.05, 0.1) is 10.7 Å². The molecule has 0 bridgehead atoms. The maximum absolute atomic E-state index is 14.1. The molecule has 2 heterocycles. The van der Waals surface area contributed by atoms with Crippen molar-refractivity contribution in [1.82, 2.24) is 0 Å². The largest absolute Gasteiger partial charge is 0.479 e. The molecule has 3 aliphatic rings. The van der Waals surface area contributed by atoms with Crippen molar-refractivity contribution in [3.63, 3.8) is 0 Å². The summed E-state index contributed by atoms with van der Waals surface area (Å²) in [5.74, 6) is 2.15. The van der Waals surface area contributed by atoms with Crippen LogP contribution in [0.4, 0.5) is 23.7 Å². The number of halogens is 4. The topological polar surface area (TPSA) is 155 Å². The van der Waals surface area contributed by atoms with E-state index in [1.807, 2.05) is 5.92 Å². The molecule has 1 saturated carbocycles. The van der Waals surface area contributed by atoms with Crippen molar-refractivity contribution in [2.24, 2.45) is 5.92 Å². The summed E-state index contributed by atoms with van der Waals surface area (Å²) in [7, 11) is 0. The highest BCUT2D eigenvalue weighted by Gasteiger charge is 2.62. The number of aliphatic hydroxyl groups excluding tert-OH is 3. The number of ether oxygens (including phenoxy) is 3. The van der Waals surface area contributed by atoms with Gasteiger partial charge in [0.25, 0.3) is 5.60 Å². The number of fused-ring (bicyclic) bond motifs is 1. The third kappa shape index (κ3) is 4.23. The van der Waals surface area contributed by atoms with Gasteiger partial charge in [0.2, 0.25) is 6.29 Å². The summed E-state index contributed by atoms with van der Waals surface area (Å²) in [6.45, 7) is 0. The molecule has 5 unspecified atom stereocenters. The number of hydrogen-bond acceptors (Lipinski definition) is 8. The maximum atomic E-state index is 14.1. The Morgan fingerprint density at radius 3 is 2.47 bits per heavy atom. The summed E-state index contributed by atoms with van der Waals surface area (Å²) < 4.78 is 57.3. The first-order valence-corrected chi connectivity index (χ1v) is 10.2. The number of hydrogen-bond donors (Lipinski definition) is 5. The number of anilines is 1. The normalized spacial score (nSPS) is 33.0. The molecule has 2 fully saturated rings. The lowest BCUT2D eigenvalue weighted by atomic mass is 9.90. The Labute approximate surface area is 194 Å². The van der Waals surface area contributed by atoms with E-state index in [2.05, 4.69) is 16.0 Å². The summed E-state index contributed by atoms with van der Waals surface area (Å²) in [6.07, 6.45) is -15.1. The Hall–Kier alpha value is -2.76. The van der Waals surface area contributed by atoms with Crippen molar-refractivity contribution in [2.75, 3.05) is 5.32 Å². The Balaban J connectivity index is 1.72. The minimum absolute atomic E-state index is 0.247. The zero-order chi connectivity index (χ0) is 25.0. The number of alkyl halides is 3. The molecule has 34 heavy (non-hydrogen) atoms. The number of rotatable bonds is 3. The number of amides is 1. The van der Waals surface area contributed by atoms with Crippen LogP contribution in [0.3, 0.4) is 0 Å². The third-order valence-electron chi connectivity index (χ3n) is 5.42. The van der Waals surface area contributed by atoms with E-state index in [0.29, 0.717) is 12.8 Å². The molecule has 1 aromatic carbocycles. The molecular formula is C20H17ClF3NO9. The van der Waals surface area contributed by atoms with Gasteiger partial charge in [-0.1, -0.05) is 17.5 Å². The van der Waals surface area contributed by atoms with E-state index < -0.39 is 76.6 Å². The van der Waals surface area contributed by atoms with E-state index in [1.165, 1.54) is 0 Å². The van der Waals surface area contributed by atoms with E-state index in [4.69, 9.17) is 26.2 Å². The van der Waals surface area contributed by atoms with Crippen LogP contribution in [-0.2, 0) is 19.9 Å². The first-order valence-electron chi connectivity index (χ1n) is 9.86. The van der Waals surface area contributed by atoms with Crippen LogP contribution < -0.4 is 10.1 Å². The SMILES string of the molecule is O=C1Nc2cc(OC3OC(C(=O)O)C(O)C(O)C3O)c(Cl)cc2[C@@](C#CC2CC2)(C(F)(F)F)O1. The molecule has 0 spiro atoms. The fraction of sp³-hybridized carbons (Fsp3) is 0.500. The first-order chi connectivity index (χ1) is 15.8. The Morgan fingerprint density at radius 1 is 1.21 bits per heavy atom. The van der Waals surface area contributed by atoms with Crippen LogP contribution in [0.1, 0.15) is 18.4 Å². The van der Waals surface area contributed by atoms with Gasteiger partial charge in [-0.25, -0.2) is 9.59 Å². The Bertz CT molecular complexity index is 1080. The van der Waals surface area contributed by atoms with Gasteiger partial charge in [0.15, 0.2) is 6.10 Å². The Kier molecular flexibility index (Phi) is 6.07. The summed E-state index contributed by atoms with van der Waals surface area (Å²) >= 11 is 6.11. The van der Waals surface area contributed by atoms with Crippen molar-refractivity contribution in [1.29, 1.82) is 0 Å². The average Bonchev–Trinajstić information content (AvgIpc) is 3.56. The highest BCUT2D eigenvalue weighted by Crippen LogP contribution is 2.50. The van der Waals surface area contributed by atoms with Crippen LogP contribution in [0, 0.1) is 17.8 Å². The number of cyclic esters (lactones) is 1. The molecule has 184 valence electrons. The fourth-order valence-electron chi connectivity index (χ4n) is 3.45. The van der Waals surface area contributed by atoms with E-state index in [1.54, 1.807) is 0 Å². The van der Waals surface area contributed by atoms with Crippen molar-refractivity contribution >= 4 is 29.4 Å². The summed E-state index contributed by atoms with van der Waals surface area (Å²) in [4.78, 5) is 23.3. The zero-order valence-electron chi connectivity index (χ0n) is 16.9. The van der Waals surface area contributed by atoms with Crippen LogP contribution in [0.5, 0.6) is 5.75 Å². The van der Waals surface area contributed by atoms with Gasteiger partial charge in [-0.2, -0.15) is 13.2 Å². The van der Waals surface area contributed by atoms with Gasteiger partial charge in [0.1, 0.15) is 24.1 Å². The van der Waals surface area contributed by atoms with Gasteiger partial charge in [0, 0.05) is 17.5 Å². The molecule has 0 radical (unpaired) electrons. The molecular weight excluding hydrogens is 491 g/mol. The maximum Gasteiger partial charge on any atom is 0.445 e. The van der Waals surface area contributed by atoms with E-state index in [9.17, 15) is 38.1 Å². The average molecular weight is 508 g/mol. The summed E-state index contributed by atoms with van der Waals surface area (Å²) in [6, 6.07) is 1.69. The van der Waals surface area contributed by atoms with Crippen molar-refractivity contribution < 1.29 is 57.4 Å². The molecule has 1 aromatic rings. The zero-order valence-corrected chi connectivity index (χ0v) is 17.6. The molecule has 0 aromatic heterocycles. The monoisotopic (exact) mass is 507 g/mol. The molecule has 14 heteroatoms. The smallest absolute Gasteiger partial charge is 0.445 e. The van der Waals surface area contributed by atoms with Gasteiger partial charge < -0.3 is 34.6 Å². The molecule has 10 nitrogen and oxygen atoms in total. The van der Waals surface area contributed by atoms with E-state index >= 15 is 0 Å². The molecule has 4 rings (SSSR count). The van der Waals surface area contributed by atoms with Crippen molar-refractivity contribution in [3.05, 3.63) is 22.7 Å². The second kappa shape index (κ2) is 8.47. The predicted octanol–water partition coefficient (Wildman–Crippen LogP) is 1.34. The number of carbonyl (C=O) groups excluding carboxylic acids is 1. The lowest BCUT2D eigenvalue weighted by Gasteiger charge is -2.39. The van der Waals surface area contributed by atoms with Crippen molar-refractivity contribution in [2.45, 2.75) is 55.3 Å². The highest BCUT2D eigenvalue weighted by atomic mass is 35.5. The van der Waals surface area contributed by atoms with E-state index in [0.717, 1.165) is 12.1 Å². The van der Waals surface area contributed by atoms with Crippen LogP contribution in [0.25, 0.3) is 0 Å². The molecule has 1 amide bonds. The van der Waals surface area contributed by atoms with E-state index in [-0.39, 0.29) is 5.92 Å². The quantitative estimate of drug-likeness (QED) is 0.381. The third-order valence-corrected chi connectivity index (χ3v) is 5.71. The van der Waals surface area contributed by atoms with Gasteiger partial charge in [-0.3, -0.25) is 5.32 Å². The molecule has 1 aliphatic carbocycles. The van der Waals surface area contributed by atoms with Gasteiger partial charge in [-0.15, -0.1) is 0 Å². The lowest BCUT2D eigenvalue weighted by Crippen LogP contribution is -2.61. The minimum atomic E-state index is -5.13. The van der Waals surface area contributed by atoms with Crippen LogP contribution in [-0.4, -0.2) is 69.4 Å². The number of carboxylic acid groups (broad SMARTS) is 1. The van der Waals surface area contributed by atoms with Crippen molar-refractivity contribution in [3.8, 4) is 17.6 Å². The molecule has 5 N–H and O–H groups in total. The second-order valence-electron chi connectivity index (χ2n) is 7.92. The van der Waals surface area contributed by atoms with Crippen LogP contribution >= 0.6 is 11.6 Å². The second-order valence-corrected chi connectivity index (χ2v) is 8.33. The number of carboxylic acids is 1. The Morgan fingerprint density at radius 2 is 1.88 bits per heavy atom. The molecule has 1 saturated heterocycles. The summed E-state index contributed by atoms with van der Waals surface area (Å²) in [5, 5.41) is 40.5. The predicted molar refractivity (Wildman–Crippen MR) is 105 cm³/mol. The number of nitrogens with one attached hydrogen (secondary N) is 1. The summed E-state index contributed by atoms with van der Waals surface area (Å²) in [5.41, 5.74) is -4.34. The van der Waals surface area contributed by atoms with Gasteiger partial charge in [-0.05, 0) is 24.8 Å². The first kappa shape index (κ1) is 24.4. The van der Waals surface area contributed by atoms with Gasteiger partial charge >= 0.3 is 18.2 Å². The number of carbonyl (C=O) groups is 2. The van der Waals surface area contributed by atoms with Crippen LogP contribution in [0.2, 0.25) is 5.02 Å². The number of aliphatic carboxylic acids is 1. The minimum Gasteiger partial charge on any atom is -0.479 e. The fourth-order valence-corrected chi connectivity index (χ4v) is 3.66. The number of benzene rings is 1. The van der Waals surface area contributed by atoms with Crippen LogP contribution in [0.15, 0.2) is 12.1 Å². The number of aliphatic hydroxyl groups is 3.